The fourth-order valence-electron chi connectivity index (χ4n) is 5.23. The molecule has 252 valence electrons. The molecule has 3 atom stereocenters. The van der Waals surface area contributed by atoms with Gasteiger partial charge in [-0.15, -0.1) is 0 Å². The normalized spacial score (nSPS) is 17.1. The van der Waals surface area contributed by atoms with Crippen LogP contribution in [0.1, 0.15) is 65.4 Å². The lowest BCUT2D eigenvalue weighted by atomic mass is 10.0. The third-order valence-corrected chi connectivity index (χ3v) is 7.96. The van der Waals surface area contributed by atoms with Gasteiger partial charge in [0.25, 0.3) is 0 Å². The number of carbonyl (C=O) groups is 4. The van der Waals surface area contributed by atoms with Gasteiger partial charge in [0.2, 0.25) is 17.7 Å². The molecule has 12 heteroatoms. The Labute approximate surface area is 272 Å². The maximum absolute atomic E-state index is 13.5. The lowest BCUT2D eigenvalue weighted by Gasteiger charge is -2.34. The first-order chi connectivity index (χ1) is 21.9. The zero-order valence-corrected chi connectivity index (χ0v) is 27.7. The minimum absolute atomic E-state index is 0.0200. The number of amides is 5. The standard InChI is InChI=1S/C34H50N6O6/c1-22(2)36-34(45)39(5)20-30-23(3)19-40(24(4)21-41)33(44)18-25-17-26(15-16-29(25)46-30)37-31(42)13-7-6-8-14-32(43)38-28-12-10-9-11-27(28)35/h9-12,15-17,22-24,30,41H,6-8,13-14,18-21,35H2,1-5H3,(H,36,45)(H,37,42)(H,38,43)/t23-,24+,30-/m1/s1. The first-order valence-electron chi connectivity index (χ1n) is 16.0. The molecule has 0 spiro atoms. The molecule has 5 amide bonds. The number of likely N-dealkylation sites (N-methyl/N-ethyl adjacent to an activating group) is 1. The monoisotopic (exact) mass is 638 g/mol. The summed E-state index contributed by atoms with van der Waals surface area (Å²) in [5.74, 6) is -0.0939. The number of ether oxygens (including phenoxy) is 1. The second-order valence-electron chi connectivity index (χ2n) is 12.4. The Hall–Kier alpha value is -4.32. The molecule has 2 aromatic rings. The Bertz CT molecular complexity index is 1350. The minimum atomic E-state index is -0.437. The zero-order chi connectivity index (χ0) is 33.8. The Morgan fingerprint density at radius 2 is 1.72 bits per heavy atom. The number of fused-ring (bicyclic) bond motifs is 1. The summed E-state index contributed by atoms with van der Waals surface area (Å²) in [5, 5.41) is 18.5. The highest BCUT2D eigenvalue weighted by atomic mass is 16.5. The lowest BCUT2D eigenvalue weighted by molar-refractivity contribution is -0.134. The predicted octanol–water partition coefficient (Wildman–Crippen LogP) is 4.00. The second-order valence-corrected chi connectivity index (χ2v) is 12.4. The highest BCUT2D eigenvalue weighted by Crippen LogP contribution is 2.29. The van der Waals surface area contributed by atoms with Gasteiger partial charge >= 0.3 is 6.03 Å². The number of hydrogen-bond acceptors (Lipinski definition) is 7. The fraction of sp³-hybridized carbons (Fsp3) is 0.529. The zero-order valence-electron chi connectivity index (χ0n) is 27.7. The number of para-hydroxylation sites is 2. The fourth-order valence-corrected chi connectivity index (χ4v) is 5.23. The number of nitrogens with one attached hydrogen (secondary N) is 3. The van der Waals surface area contributed by atoms with Gasteiger partial charge in [0.05, 0.1) is 37.0 Å². The first-order valence-corrected chi connectivity index (χ1v) is 16.0. The van der Waals surface area contributed by atoms with Crippen molar-refractivity contribution in [2.24, 2.45) is 5.92 Å². The summed E-state index contributed by atoms with van der Waals surface area (Å²) in [7, 11) is 1.70. The van der Waals surface area contributed by atoms with Gasteiger partial charge in [-0.1, -0.05) is 25.5 Å². The molecule has 0 aromatic heterocycles. The Balaban J connectivity index is 1.62. The molecule has 1 aliphatic heterocycles. The third kappa shape index (κ3) is 10.9. The molecular formula is C34H50N6O6. The van der Waals surface area contributed by atoms with Crippen LogP contribution in [0, 0.1) is 5.92 Å². The van der Waals surface area contributed by atoms with E-state index in [4.69, 9.17) is 10.5 Å². The summed E-state index contributed by atoms with van der Waals surface area (Å²) in [6.07, 6.45) is 2.17. The number of hydrogen-bond donors (Lipinski definition) is 5. The van der Waals surface area contributed by atoms with Gasteiger partial charge in [-0.2, -0.15) is 0 Å². The van der Waals surface area contributed by atoms with E-state index in [1.54, 1.807) is 60.2 Å². The molecule has 0 bridgehead atoms. The van der Waals surface area contributed by atoms with Gasteiger partial charge in [0, 0.05) is 49.6 Å². The van der Waals surface area contributed by atoms with E-state index in [-0.39, 0.29) is 61.7 Å². The van der Waals surface area contributed by atoms with Crippen LogP contribution in [0.3, 0.4) is 0 Å². The number of benzene rings is 2. The molecule has 0 aliphatic carbocycles. The highest BCUT2D eigenvalue weighted by molar-refractivity contribution is 5.94. The van der Waals surface area contributed by atoms with Crippen molar-refractivity contribution in [1.29, 1.82) is 0 Å². The predicted molar refractivity (Wildman–Crippen MR) is 179 cm³/mol. The number of anilines is 3. The summed E-state index contributed by atoms with van der Waals surface area (Å²) in [4.78, 5) is 54.3. The van der Waals surface area contributed by atoms with E-state index >= 15 is 0 Å². The molecule has 0 fully saturated rings. The second kappa shape index (κ2) is 17.4. The third-order valence-electron chi connectivity index (χ3n) is 7.96. The molecule has 0 unspecified atom stereocenters. The largest absolute Gasteiger partial charge is 0.488 e. The number of nitrogens with zero attached hydrogens (tertiary/aromatic N) is 2. The molecule has 12 nitrogen and oxygen atoms in total. The van der Waals surface area contributed by atoms with Crippen LogP contribution in [0.25, 0.3) is 0 Å². The van der Waals surface area contributed by atoms with Crippen LogP contribution in [0.15, 0.2) is 42.5 Å². The molecule has 1 aliphatic rings. The first kappa shape index (κ1) is 36.2. The van der Waals surface area contributed by atoms with Crippen molar-refractivity contribution in [3.8, 4) is 5.75 Å². The van der Waals surface area contributed by atoms with Gasteiger partial charge in [-0.25, -0.2) is 4.79 Å². The van der Waals surface area contributed by atoms with Gasteiger partial charge < -0.3 is 41.3 Å². The smallest absolute Gasteiger partial charge is 0.317 e. The van der Waals surface area contributed by atoms with Crippen LogP contribution in [0.2, 0.25) is 0 Å². The molecule has 1 heterocycles. The molecular weight excluding hydrogens is 588 g/mol. The van der Waals surface area contributed by atoms with E-state index in [1.807, 2.05) is 26.8 Å². The number of rotatable bonds is 13. The van der Waals surface area contributed by atoms with Crippen molar-refractivity contribution in [2.75, 3.05) is 43.1 Å². The van der Waals surface area contributed by atoms with Crippen molar-refractivity contribution in [3.63, 3.8) is 0 Å². The van der Waals surface area contributed by atoms with Crippen molar-refractivity contribution in [1.82, 2.24) is 15.1 Å². The number of aliphatic hydroxyl groups excluding tert-OH is 1. The number of unbranched alkanes of at least 4 members (excludes halogenated alkanes) is 2. The number of aliphatic hydroxyl groups is 1. The van der Waals surface area contributed by atoms with E-state index in [0.717, 1.165) is 0 Å². The van der Waals surface area contributed by atoms with Crippen LogP contribution in [0.5, 0.6) is 5.75 Å². The van der Waals surface area contributed by atoms with Crippen molar-refractivity contribution < 1.29 is 29.0 Å². The summed E-state index contributed by atoms with van der Waals surface area (Å²) in [6.45, 7) is 8.00. The molecule has 0 saturated carbocycles. The van der Waals surface area contributed by atoms with E-state index in [9.17, 15) is 24.3 Å². The van der Waals surface area contributed by atoms with Crippen LogP contribution in [0.4, 0.5) is 21.9 Å². The molecule has 46 heavy (non-hydrogen) atoms. The molecule has 0 saturated heterocycles. The van der Waals surface area contributed by atoms with E-state index in [1.165, 1.54) is 0 Å². The summed E-state index contributed by atoms with van der Waals surface area (Å²) in [6, 6.07) is 11.7. The molecule has 2 aromatic carbocycles. The van der Waals surface area contributed by atoms with Crippen LogP contribution in [-0.4, -0.2) is 83.6 Å². The van der Waals surface area contributed by atoms with Gasteiger partial charge in [-0.3, -0.25) is 14.4 Å². The number of nitrogen functional groups attached to an aromatic ring is 1. The van der Waals surface area contributed by atoms with E-state index in [2.05, 4.69) is 16.0 Å². The average molecular weight is 639 g/mol. The SMILES string of the molecule is CC(C)NC(=O)N(C)C[C@H]1Oc2ccc(NC(=O)CCCCCC(=O)Nc3ccccc3N)cc2CC(=O)N([C@@H](C)CO)C[C@H]1C. The van der Waals surface area contributed by atoms with Crippen molar-refractivity contribution in [2.45, 2.75) is 84.4 Å². The lowest BCUT2D eigenvalue weighted by Crippen LogP contribution is -2.49. The van der Waals surface area contributed by atoms with Crippen molar-refractivity contribution in [3.05, 3.63) is 48.0 Å². The Morgan fingerprint density at radius 3 is 2.37 bits per heavy atom. The van der Waals surface area contributed by atoms with Crippen LogP contribution in [-0.2, 0) is 20.8 Å². The quantitative estimate of drug-likeness (QED) is 0.163. The summed E-state index contributed by atoms with van der Waals surface area (Å²) < 4.78 is 6.46. The van der Waals surface area contributed by atoms with Crippen LogP contribution >= 0.6 is 0 Å². The van der Waals surface area contributed by atoms with Gasteiger partial charge in [0.15, 0.2) is 0 Å². The molecule has 6 N–H and O–H groups in total. The Kier molecular flexibility index (Phi) is 13.7. The Morgan fingerprint density at radius 1 is 1.04 bits per heavy atom. The highest BCUT2D eigenvalue weighted by Gasteiger charge is 2.32. The van der Waals surface area contributed by atoms with Crippen LogP contribution < -0.4 is 26.4 Å². The number of nitrogens with two attached hydrogens (primary N) is 1. The average Bonchev–Trinajstić information content (AvgIpc) is 3.04. The summed E-state index contributed by atoms with van der Waals surface area (Å²) in [5.41, 5.74) is 8.13. The number of urea groups is 1. The van der Waals surface area contributed by atoms with E-state index in [0.29, 0.717) is 60.6 Å². The number of carbonyl (C=O) groups excluding carboxylic acids is 4. The molecule has 3 rings (SSSR count). The minimum Gasteiger partial charge on any atom is -0.488 e. The van der Waals surface area contributed by atoms with Gasteiger partial charge in [0.1, 0.15) is 11.9 Å². The maximum Gasteiger partial charge on any atom is 0.317 e. The topological polar surface area (TPSA) is 166 Å². The maximum atomic E-state index is 13.5. The summed E-state index contributed by atoms with van der Waals surface area (Å²) >= 11 is 0. The molecule has 0 radical (unpaired) electrons. The van der Waals surface area contributed by atoms with Gasteiger partial charge in [-0.05, 0) is 63.9 Å². The van der Waals surface area contributed by atoms with E-state index < -0.39 is 12.1 Å². The van der Waals surface area contributed by atoms with Crippen molar-refractivity contribution >= 4 is 40.8 Å².